The van der Waals surface area contributed by atoms with Gasteiger partial charge in [-0.1, -0.05) is 24.3 Å². The maximum absolute atomic E-state index is 13.1. The number of carbonyl (C=O) groups excluding carboxylic acids is 2. The number of methoxy groups -OCH3 is 1. The molecule has 0 aliphatic rings. The van der Waals surface area contributed by atoms with Gasteiger partial charge < -0.3 is 20.7 Å². The summed E-state index contributed by atoms with van der Waals surface area (Å²) in [4.78, 5) is 27.3. The Morgan fingerprint density at radius 1 is 1.03 bits per heavy atom. The molecule has 0 saturated heterocycles. The number of carbonyl (C=O) groups is 2. The Morgan fingerprint density at radius 2 is 1.76 bits per heavy atom. The summed E-state index contributed by atoms with van der Waals surface area (Å²) in [6.07, 6.45) is 0.911. The highest BCUT2D eigenvalue weighted by Gasteiger charge is 2.16. The van der Waals surface area contributed by atoms with Crippen molar-refractivity contribution in [3.8, 4) is 11.8 Å². The standard InChI is InChI=1S/C27H28N4O3/c1-34-25-12-8-20(9-13-25)17-26(32)30-24-5-2-4-22(16-24)19-31(15-3-14-28)27(33)23-10-6-21(18-29)7-11-23/h2,4-13,16H,3,14-15,17,19,28H2,1H3,(H,30,32). The first kappa shape index (κ1) is 24.5. The van der Waals surface area contributed by atoms with E-state index in [0.29, 0.717) is 42.9 Å². The molecule has 0 radical (unpaired) electrons. The predicted octanol–water partition coefficient (Wildman–Crippen LogP) is 3.74. The van der Waals surface area contributed by atoms with Crippen molar-refractivity contribution in [2.45, 2.75) is 19.4 Å². The molecule has 0 fully saturated rings. The Labute approximate surface area is 199 Å². The highest BCUT2D eigenvalue weighted by atomic mass is 16.5. The molecule has 0 bridgehead atoms. The summed E-state index contributed by atoms with van der Waals surface area (Å²) in [5.74, 6) is 0.481. The minimum absolute atomic E-state index is 0.129. The molecule has 0 heterocycles. The van der Waals surface area contributed by atoms with E-state index in [1.807, 2.05) is 48.5 Å². The van der Waals surface area contributed by atoms with E-state index >= 15 is 0 Å². The van der Waals surface area contributed by atoms with E-state index < -0.39 is 0 Å². The molecule has 0 spiro atoms. The monoisotopic (exact) mass is 456 g/mol. The Bertz CT molecular complexity index is 1150. The molecule has 7 nitrogen and oxygen atoms in total. The normalized spacial score (nSPS) is 10.3. The first-order chi connectivity index (χ1) is 16.5. The molecule has 34 heavy (non-hydrogen) atoms. The molecule has 0 aromatic heterocycles. The van der Waals surface area contributed by atoms with Crippen molar-refractivity contribution in [2.75, 3.05) is 25.5 Å². The molecule has 7 heteroatoms. The van der Waals surface area contributed by atoms with Crippen LogP contribution in [0.3, 0.4) is 0 Å². The highest BCUT2D eigenvalue weighted by molar-refractivity contribution is 5.94. The molecule has 174 valence electrons. The average Bonchev–Trinajstić information content (AvgIpc) is 2.86. The summed E-state index contributed by atoms with van der Waals surface area (Å²) in [5.41, 5.74) is 9.14. The fourth-order valence-electron chi connectivity index (χ4n) is 3.51. The molecule has 2 amide bonds. The van der Waals surface area contributed by atoms with Gasteiger partial charge in [0.15, 0.2) is 0 Å². The Morgan fingerprint density at radius 3 is 2.41 bits per heavy atom. The van der Waals surface area contributed by atoms with E-state index in [2.05, 4.69) is 11.4 Å². The number of hydrogen-bond acceptors (Lipinski definition) is 5. The van der Waals surface area contributed by atoms with Gasteiger partial charge in [0.2, 0.25) is 5.91 Å². The lowest BCUT2D eigenvalue weighted by atomic mass is 10.1. The van der Waals surface area contributed by atoms with Crippen LogP contribution in [0.25, 0.3) is 0 Å². The van der Waals surface area contributed by atoms with Crippen LogP contribution in [0.2, 0.25) is 0 Å². The van der Waals surface area contributed by atoms with Crippen molar-refractivity contribution < 1.29 is 14.3 Å². The van der Waals surface area contributed by atoms with Crippen molar-refractivity contribution in [1.29, 1.82) is 5.26 Å². The second-order valence-electron chi connectivity index (χ2n) is 7.83. The minimum Gasteiger partial charge on any atom is -0.497 e. The fourth-order valence-corrected chi connectivity index (χ4v) is 3.51. The summed E-state index contributed by atoms with van der Waals surface area (Å²) in [5, 5.41) is 11.9. The zero-order chi connectivity index (χ0) is 24.3. The minimum atomic E-state index is -0.133. The quantitative estimate of drug-likeness (QED) is 0.483. The Kier molecular flexibility index (Phi) is 8.78. The maximum Gasteiger partial charge on any atom is 0.254 e. The van der Waals surface area contributed by atoms with Crippen LogP contribution in [-0.2, 0) is 17.8 Å². The summed E-state index contributed by atoms with van der Waals surface area (Å²) in [6.45, 7) is 1.35. The molecule has 0 saturated carbocycles. The summed E-state index contributed by atoms with van der Waals surface area (Å²) >= 11 is 0. The van der Waals surface area contributed by atoms with Gasteiger partial charge in [0.05, 0.1) is 25.2 Å². The fraction of sp³-hybridized carbons (Fsp3) is 0.222. The molecule has 3 rings (SSSR count). The lowest BCUT2D eigenvalue weighted by Gasteiger charge is -2.23. The zero-order valence-corrected chi connectivity index (χ0v) is 19.2. The van der Waals surface area contributed by atoms with E-state index in [-0.39, 0.29) is 18.2 Å². The van der Waals surface area contributed by atoms with E-state index in [1.54, 1.807) is 36.3 Å². The van der Waals surface area contributed by atoms with Crippen LogP contribution in [0.15, 0.2) is 72.8 Å². The highest BCUT2D eigenvalue weighted by Crippen LogP contribution is 2.17. The van der Waals surface area contributed by atoms with Crippen LogP contribution in [0, 0.1) is 11.3 Å². The Hall–Kier alpha value is -4.15. The number of benzene rings is 3. The molecule has 3 N–H and O–H groups in total. The first-order valence-corrected chi connectivity index (χ1v) is 11.0. The molecule has 3 aromatic rings. The molecule has 3 aromatic carbocycles. The average molecular weight is 457 g/mol. The topological polar surface area (TPSA) is 108 Å². The molecule has 0 unspecified atom stereocenters. The van der Waals surface area contributed by atoms with E-state index in [1.165, 1.54) is 0 Å². The third kappa shape index (κ3) is 6.92. The Balaban J connectivity index is 1.68. The van der Waals surface area contributed by atoms with Crippen LogP contribution in [0.4, 0.5) is 5.69 Å². The number of anilines is 1. The third-order valence-corrected chi connectivity index (χ3v) is 5.29. The number of ether oxygens (including phenoxy) is 1. The van der Waals surface area contributed by atoms with Crippen LogP contribution in [0.1, 0.15) is 33.5 Å². The lowest BCUT2D eigenvalue weighted by molar-refractivity contribution is -0.115. The van der Waals surface area contributed by atoms with Gasteiger partial charge in [-0.15, -0.1) is 0 Å². The number of amides is 2. The molecule has 0 atom stereocenters. The van der Waals surface area contributed by atoms with Gasteiger partial charge >= 0.3 is 0 Å². The number of hydrogen-bond donors (Lipinski definition) is 2. The largest absolute Gasteiger partial charge is 0.497 e. The van der Waals surface area contributed by atoms with Crippen molar-refractivity contribution in [3.05, 3.63) is 95.1 Å². The second kappa shape index (κ2) is 12.2. The summed E-state index contributed by atoms with van der Waals surface area (Å²) < 4.78 is 5.15. The number of nitrogens with two attached hydrogens (primary N) is 1. The van der Waals surface area contributed by atoms with Crippen LogP contribution in [-0.4, -0.2) is 36.9 Å². The van der Waals surface area contributed by atoms with Gasteiger partial charge in [-0.25, -0.2) is 0 Å². The maximum atomic E-state index is 13.1. The van der Waals surface area contributed by atoms with Crippen LogP contribution >= 0.6 is 0 Å². The van der Waals surface area contributed by atoms with Crippen molar-refractivity contribution in [1.82, 2.24) is 4.90 Å². The van der Waals surface area contributed by atoms with Gasteiger partial charge in [-0.05, 0) is 72.6 Å². The van der Waals surface area contributed by atoms with Gasteiger partial charge in [0.1, 0.15) is 5.75 Å². The van der Waals surface area contributed by atoms with Crippen molar-refractivity contribution in [2.24, 2.45) is 5.73 Å². The molecular formula is C27H28N4O3. The number of rotatable bonds is 10. The van der Waals surface area contributed by atoms with Crippen LogP contribution in [0.5, 0.6) is 5.75 Å². The van der Waals surface area contributed by atoms with Crippen LogP contribution < -0.4 is 15.8 Å². The van der Waals surface area contributed by atoms with Gasteiger partial charge in [-0.2, -0.15) is 5.26 Å². The smallest absolute Gasteiger partial charge is 0.254 e. The summed E-state index contributed by atoms with van der Waals surface area (Å²) in [6, 6.07) is 23.5. The molecule has 0 aliphatic heterocycles. The zero-order valence-electron chi connectivity index (χ0n) is 19.2. The summed E-state index contributed by atoms with van der Waals surface area (Å²) in [7, 11) is 1.60. The predicted molar refractivity (Wildman–Crippen MR) is 131 cm³/mol. The van der Waals surface area contributed by atoms with E-state index in [0.717, 1.165) is 16.9 Å². The number of nitrogens with one attached hydrogen (secondary N) is 1. The molecular weight excluding hydrogens is 428 g/mol. The SMILES string of the molecule is COc1ccc(CC(=O)Nc2cccc(CN(CCCN)C(=O)c3ccc(C#N)cc3)c2)cc1. The van der Waals surface area contributed by atoms with Crippen molar-refractivity contribution >= 4 is 17.5 Å². The second-order valence-corrected chi connectivity index (χ2v) is 7.83. The number of nitrogens with zero attached hydrogens (tertiary/aromatic N) is 2. The van der Waals surface area contributed by atoms with Gasteiger partial charge in [-0.3, -0.25) is 9.59 Å². The van der Waals surface area contributed by atoms with Gasteiger partial charge in [0, 0.05) is 24.3 Å². The number of nitriles is 1. The van der Waals surface area contributed by atoms with E-state index in [4.69, 9.17) is 15.7 Å². The van der Waals surface area contributed by atoms with Crippen molar-refractivity contribution in [3.63, 3.8) is 0 Å². The van der Waals surface area contributed by atoms with Gasteiger partial charge in [0.25, 0.3) is 5.91 Å². The first-order valence-electron chi connectivity index (χ1n) is 11.0. The van der Waals surface area contributed by atoms with E-state index in [9.17, 15) is 9.59 Å². The lowest BCUT2D eigenvalue weighted by Crippen LogP contribution is -2.32. The third-order valence-electron chi connectivity index (χ3n) is 5.29. The molecule has 0 aliphatic carbocycles.